The van der Waals surface area contributed by atoms with Gasteiger partial charge in [-0.25, -0.2) is 0 Å². The SMILES string of the molecule is CCc1cc(NC(=O)C(Br)C(C)C)n[nH]1. The van der Waals surface area contributed by atoms with Crippen LogP contribution in [0.15, 0.2) is 6.07 Å². The summed E-state index contributed by atoms with van der Waals surface area (Å²) in [6, 6.07) is 1.85. The first kappa shape index (κ1) is 12.2. The first-order valence-corrected chi connectivity index (χ1v) is 5.95. The number of alkyl halides is 1. The van der Waals surface area contributed by atoms with Gasteiger partial charge in [-0.2, -0.15) is 5.10 Å². The van der Waals surface area contributed by atoms with Gasteiger partial charge in [-0.05, 0) is 12.3 Å². The molecule has 1 amide bonds. The van der Waals surface area contributed by atoms with E-state index >= 15 is 0 Å². The Labute approximate surface area is 98.0 Å². The number of nitrogens with one attached hydrogen (secondary N) is 2. The summed E-state index contributed by atoms with van der Waals surface area (Å²) in [5, 5.41) is 9.59. The van der Waals surface area contributed by atoms with Crippen LogP contribution in [0, 0.1) is 5.92 Å². The highest BCUT2D eigenvalue weighted by atomic mass is 79.9. The zero-order valence-electron chi connectivity index (χ0n) is 9.17. The van der Waals surface area contributed by atoms with E-state index in [9.17, 15) is 4.79 Å². The fraction of sp³-hybridized carbons (Fsp3) is 0.600. The third-order valence-electron chi connectivity index (χ3n) is 2.10. The highest BCUT2D eigenvalue weighted by Crippen LogP contribution is 2.14. The number of carbonyl (C=O) groups is 1. The molecule has 1 heterocycles. The van der Waals surface area contributed by atoms with Crippen LogP contribution in [0.5, 0.6) is 0 Å². The molecule has 0 aliphatic carbocycles. The summed E-state index contributed by atoms with van der Waals surface area (Å²) < 4.78 is 0. The lowest BCUT2D eigenvalue weighted by atomic mass is 10.1. The Kier molecular flexibility index (Phi) is 4.32. The minimum absolute atomic E-state index is 0.0563. The maximum Gasteiger partial charge on any atom is 0.239 e. The van der Waals surface area contributed by atoms with Crippen molar-refractivity contribution < 1.29 is 4.79 Å². The Morgan fingerprint density at radius 1 is 1.67 bits per heavy atom. The van der Waals surface area contributed by atoms with Crippen LogP contribution in [0.2, 0.25) is 0 Å². The third-order valence-corrected chi connectivity index (χ3v) is 3.57. The van der Waals surface area contributed by atoms with Crippen LogP contribution in [0.3, 0.4) is 0 Å². The summed E-state index contributed by atoms with van der Waals surface area (Å²) in [4.78, 5) is 11.5. The molecule has 84 valence electrons. The van der Waals surface area contributed by atoms with Crippen LogP contribution in [-0.2, 0) is 11.2 Å². The van der Waals surface area contributed by atoms with Crippen molar-refractivity contribution in [1.82, 2.24) is 10.2 Å². The molecular formula is C10H16BrN3O. The number of hydrogen-bond donors (Lipinski definition) is 2. The van der Waals surface area contributed by atoms with Crippen LogP contribution in [0.4, 0.5) is 5.82 Å². The van der Waals surface area contributed by atoms with Crippen LogP contribution in [0.1, 0.15) is 26.5 Å². The van der Waals surface area contributed by atoms with Crippen molar-refractivity contribution in [2.45, 2.75) is 32.0 Å². The van der Waals surface area contributed by atoms with Gasteiger partial charge in [0.05, 0.1) is 4.83 Å². The normalized spacial score (nSPS) is 12.9. The van der Waals surface area contributed by atoms with Crippen molar-refractivity contribution in [2.75, 3.05) is 5.32 Å². The van der Waals surface area contributed by atoms with Crippen LogP contribution < -0.4 is 5.32 Å². The van der Waals surface area contributed by atoms with Gasteiger partial charge in [0.25, 0.3) is 0 Å². The summed E-state index contributed by atoms with van der Waals surface area (Å²) in [5.74, 6) is 0.788. The van der Waals surface area contributed by atoms with E-state index in [0.717, 1.165) is 12.1 Å². The quantitative estimate of drug-likeness (QED) is 0.828. The topological polar surface area (TPSA) is 57.8 Å². The lowest BCUT2D eigenvalue weighted by Gasteiger charge is -2.11. The van der Waals surface area contributed by atoms with Crippen molar-refractivity contribution in [1.29, 1.82) is 0 Å². The number of hydrogen-bond acceptors (Lipinski definition) is 2. The molecule has 0 saturated heterocycles. The molecule has 0 aromatic carbocycles. The van der Waals surface area contributed by atoms with Gasteiger partial charge in [0, 0.05) is 11.8 Å². The average Bonchev–Trinajstić information content (AvgIpc) is 2.64. The van der Waals surface area contributed by atoms with Crippen molar-refractivity contribution in [2.24, 2.45) is 5.92 Å². The van der Waals surface area contributed by atoms with Crippen molar-refractivity contribution in [3.63, 3.8) is 0 Å². The van der Waals surface area contributed by atoms with Gasteiger partial charge in [0.15, 0.2) is 5.82 Å². The molecule has 15 heavy (non-hydrogen) atoms. The Morgan fingerprint density at radius 3 is 2.80 bits per heavy atom. The minimum atomic E-state index is -0.181. The summed E-state index contributed by atoms with van der Waals surface area (Å²) in [7, 11) is 0. The lowest BCUT2D eigenvalue weighted by molar-refractivity contribution is -0.116. The van der Waals surface area contributed by atoms with Crippen molar-refractivity contribution in [3.05, 3.63) is 11.8 Å². The number of carbonyl (C=O) groups excluding carboxylic acids is 1. The van der Waals surface area contributed by atoms with Gasteiger partial charge in [0.2, 0.25) is 5.91 Å². The second-order valence-corrected chi connectivity index (χ2v) is 4.75. The molecule has 1 rings (SSSR count). The number of anilines is 1. The summed E-state index contributed by atoms with van der Waals surface area (Å²) in [5.41, 5.74) is 1.01. The maximum absolute atomic E-state index is 11.6. The molecule has 0 bridgehead atoms. The molecular weight excluding hydrogens is 258 g/mol. The Morgan fingerprint density at radius 2 is 2.33 bits per heavy atom. The van der Waals surface area contributed by atoms with Gasteiger partial charge >= 0.3 is 0 Å². The van der Waals surface area contributed by atoms with E-state index in [-0.39, 0.29) is 16.7 Å². The fourth-order valence-electron chi connectivity index (χ4n) is 1.10. The zero-order valence-corrected chi connectivity index (χ0v) is 10.8. The molecule has 2 N–H and O–H groups in total. The first-order chi connectivity index (χ1) is 7.04. The summed E-state index contributed by atoms with van der Waals surface area (Å²) in [6.07, 6.45) is 0.880. The molecule has 4 nitrogen and oxygen atoms in total. The highest BCUT2D eigenvalue weighted by molar-refractivity contribution is 9.10. The standard InChI is InChI=1S/C10H16BrN3O/c1-4-7-5-8(14-13-7)12-10(15)9(11)6(2)3/h5-6,9H,4H2,1-3H3,(H2,12,13,14,15). The summed E-state index contributed by atoms with van der Waals surface area (Å²) >= 11 is 3.34. The molecule has 1 atom stereocenters. The third kappa shape index (κ3) is 3.34. The molecule has 1 unspecified atom stereocenters. The second kappa shape index (κ2) is 5.30. The number of aryl methyl sites for hydroxylation is 1. The fourth-order valence-corrected chi connectivity index (χ4v) is 1.22. The van der Waals surface area contributed by atoms with E-state index in [4.69, 9.17) is 0 Å². The van der Waals surface area contributed by atoms with Gasteiger partial charge in [-0.3, -0.25) is 9.89 Å². The van der Waals surface area contributed by atoms with Crippen molar-refractivity contribution in [3.8, 4) is 0 Å². The zero-order chi connectivity index (χ0) is 11.4. The van der Waals surface area contributed by atoms with Gasteiger partial charge in [-0.15, -0.1) is 0 Å². The second-order valence-electron chi connectivity index (χ2n) is 3.77. The number of aromatic nitrogens is 2. The molecule has 0 radical (unpaired) electrons. The molecule has 1 aromatic heterocycles. The van der Waals surface area contributed by atoms with E-state index in [1.54, 1.807) is 0 Å². The van der Waals surface area contributed by atoms with E-state index in [2.05, 4.69) is 31.4 Å². The number of rotatable bonds is 4. The number of nitrogens with zero attached hydrogens (tertiary/aromatic N) is 1. The van der Waals surface area contributed by atoms with Gasteiger partial charge < -0.3 is 5.32 Å². The van der Waals surface area contributed by atoms with Crippen molar-refractivity contribution >= 4 is 27.7 Å². The Bertz CT molecular complexity index is 335. The molecule has 0 aliphatic rings. The van der Waals surface area contributed by atoms with Gasteiger partial charge in [-0.1, -0.05) is 36.7 Å². The van der Waals surface area contributed by atoms with E-state index in [1.807, 2.05) is 26.8 Å². The van der Waals surface area contributed by atoms with Crippen LogP contribution in [-0.4, -0.2) is 20.9 Å². The smallest absolute Gasteiger partial charge is 0.239 e. The largest absolute Gasteiger partial charge is 0.308 e. The monoisotopic (exact) mass is 273 g/mol. The molecule has 1 aromatic rings. The molecule has 0 fully saturated rings. The Balaban J connectivity index is 2.58. The highest BCUT2D eigenvalue weighted by Gasteiger charge is 2.19. The number of aromatic amines is 1. The lowest BCUT2D eigenvalue weighted by Crippen LogP contribution is -2.27. The average molecular weight is 274 g/mol. The van der Waals surface area contributed by atoms with E-state index in [1.165, 1.54) is 0 Å². The number of amides is 1. The van der Waals surface area contributed by atoms with Gasteiger partial charge in [0.1, 0.15) is 0 Å². The Hall–Kier alpha value is -0.840. The van der Waals surface area contributed by atoms with Crippen LogP contribution in [0.25, 0.3) is 0 Å². The van der Waals surface area contributed by atoms with Crippen LogP contribution >= 0.6 is 15.9 Å². The summed E-state index contributed by atoms with van der Waals surface area (Å²) in [6.45, 7) is 6.00. The molecule has 0 spiro atoms. The maximum atomic E-state index is 11.6. The van der Waals surface area contributed by atoms with E-state index < -0.39 is 0 Å². The number of H-pyrrole nitrogens is 1. The first-order valence-electron chi connectivity index (χ1n) is 5.03. The minimum Gasteiger partial charge on any atom is -0.308 e. The molecule has 0 saturated carbocycles. The molecule has 0 aliphatic heterocycles. The predicted molar refractivity (Wildman–Crippen MR) is 64.1 cm³/mol. The van der Waals surface area contributed by atoms with E-state index in [0.29, 0.717) is 5.82 Å². The number of halogens is 1. The predicted octanol–water partition coefficient (Wildman–Crippen LogP) is 2.33. The molecule has 5 heteroatoms.